The molecule has 4 heteroatoms. The summed E-state index contributed by atoms with van der Waals surface area (Å²) < 4.78 is 5.40. The minimum atomic E-state index is -0.176. The minimum absolute atomic E-state index is 0.176. The largest absolute Gasteiger partial charge is 0.449 e. The van der Waals surface area contributed by atoms with Crippen molar-refractivity contribution < 1.29 is 9.53 Å². The van der Waals surface area contributed by atoms with Gasteiger partial charge in [-0.2, -0.15) is 0 Å². The standard InChI is InChI=1S/C23H34N2O2/c1-18(2)17-27-23(26)24(3)21-12-14-25(15-13-21)22(20-10-7-11-20)16-19-8-5-4-6-9-19/h4-6,8-10,18,21-22H,7,11-17H2,1-3H3. The molecule has 0 bridgehead atoms. The topological polar surface area (TPSA) is 32.8 Å². The van der Waals surface area contributed by atoms with E-state index in [9.17, 15) is 4.79 Å². The van der Waals surface area contributed by atoms with Crippen LogP contribution in [0.3, 0.4) is 0 Å². The first-order valence-electron chi connectivity index (χ1n) is 10.4. The van der Waals surface area contributed by atoms with Gasteiger partial charge in [0.1, 0.15) is 0 Å². The van der Waals surface area contributed by atoms with Crippen molar-refractivity contribution in [1.29, 1.82) is 0 Å². The van der Waals surface area contributed by atoms with Crippen LogP contribution in [0.5, 0.6) is 0 Å². The van der Waals surface area contributed by atoms with Gasteiger partial charge in [-0.15, -0.1) is 0 Å². The molecule has 27 heavy (non-hydrogen) atoms. The summed E-state index contributed by atoms with van der Waals surface area (Å²) in [6.07, 6.45) is 7.82. The highest BCUT2D eigenvalue weighted by Gasteiger charge is 2.31. The van der Waals surface area contributed by atoms with E-state index in [0.717, 1.165) is 32.4 Å². The molecule has 0 saturated carbocycles. The van der Waals surface area contributed by atoms with Crippen molar-refractivity contribution in [2.24, 2.45) is 5.92 Å². The number of hydrogen-bond donors (Lipinski definition) is 0. The molecule has 0 N–H and O–H groups in total. The van der Waals surface area contributed by atoms with Crippen LogP contribution in [0.2, 0.25) is 0 Å². The Morgan fingerprint density at radius 2 is 1.89 bits per heavy atom. The summed E-state index contributed by atoms with van der Waals surface area (Å²) in [6, 6.07) is 11.6. The fraction of sp³-hybridized carbons (Fsp3) is 0.609. The van der Waals surface area contributed by atoms with Gasteiger partial charge in [-0.25, -0.2) is 4.79 Å². The SMILES string of the molecule is CC(C)COC(=O)N(C)C1CCN(C(Cc2ccccc2)C2=CCC2)CC1. The number of likely N-dealkylation sites (tertiary alicyclic amines) is 1. The number of amides is 1. The lowest BCUT2D eigenvalue weighted by atomic mass is 9.86. The third-order valence-electron chi connectivity index (χ3n) is 5.86. The molecule has 1 atom stereocenters. The van der Waals surface area contributed by atoms with Gasteiger partial charge in [0.25, 0.3) is 0 Å². The second kappa shape index (κ2) is 9.41. The minimum Gasteiger partial charge on any atom is -0.449 e. The van der Waals surface area contributed by atoms with E-state index in [1.807, 2.05) is 11.9 Å². The van der Waals surface area contributed by atoms with E-state index in [1.54, 1.807) is 5.57 Å². The molecule has 1 fully saturated rings. The number of benzene rings is 1. The summed E-state index contributed by atoms with van der Waals surface area (Å²) in [5.74, 6) is 0.374. The Labute approximate surface area is 164 Å². The summed E-state index contributed by atoms with van der Waals surface area (Å²) in [4.78, 5) is 16.7. The quantitative estimate of drug-likeness (QED) is 0.662. The average molecular weight is 371 g/mol. The number of carbonyl (C=O) groups is 1. The van der Waals surface area contributed by atoms with E-state index in [0.29, 0.717) is 18.6 Å². The number of ether oxygens (including phenoxy) is 1. The fourth-order valence-electron chi connectivity index (χ4n) is 4.02. The monoisotopic (exact) mass is 370 g/mol. The van der Waals surface area contributed by atoms with Gasteiger partial charge in [0, 0.05) is 32.2 Å². The summed E-state index contributed by atoms with van der Waals surface area (Å²) in [7, 11) is 1.89. The van der Waals surface area contributed by atoms with E-state index in [-0.39, 0.29) is 12.1 Å². The first-order chi connectivity index (χ1) is 13.0. The number of nitrogens with zero attached hydrogens (tertiary/aromatic N) is 2. The van der Waals surface area contributed by atoms with Crippen molar-refractivity contribution in [2.45, 2.75) is 58.0 Å². The van der Waals surface area contributed by atoms with Gasteiger partial charge in [0.2, 0.25) is 0 Å². The average Bonchev–Trinajstić information content (AvgIpc) is 2.64. The van der Waals surface area contributed by atoms with Gasteiger partial charge < -0.3 is 9.64 Å². The summed E-state index contributed by atoms with van der Waals surface area (Å²) in [5, 5.41) is 0. The molecule has 0 radical (unpaired) electrons. The second-order valence-electron chi connectivity index (χ2n) is 8.37. The molecule has 1 aliphatic heterocycles. The van der Waals surface area contributed by atoms with Crippen LogP contribution in [0.1, 0.15) is 45.1 Å². The molecule has 1 aromatic carbocycles. The number of hydrogen-bond acceptors (Lipinski definition) is 3. The van der Waals surface area contributed by atoms with Crippen molar-refractivity contribution in [2.75, 3.05) is 26.7 Å². The Hall–Kier alpha value is -1.81. The molecule has 1 heterocycles. The van der Waals surface area contributed by atoms with Gasteiger partial charge >= 0.3 is 6.09 Å². The Morgan fingerprint density at radius 3 is 2.44 bits per heavy atom. The van der Waals surface area contributed by atoms with Crippen molar-refractivity contribution >= 4 is 6.09 Å². The van der Waals surface area contributed by atoms with Crippen LogP contribution in [0.25, 0.3) is 0 Å². The van der Waals surface area contributed by atoms with Crippen LogP contribution in [-0.4, -0.2) is 54.7 Å². The predicted molar refractivity (Wildman–Crippen MR) is 110 cm³/mol. The lowest BCUT2D eigenvalue weighted by molar-refractivity contribution is 0.0643. The highest BCUT2D eigenvalue weighted by molar-refractivity contribution is 5.67. The van der Waals surface area contributed by atoms with E-state index in [4.69, 9.17) is 4.74 Å². The Kier molecular flexibility index (Phi) is 6.95. The van der Waals surface area contributed by atoms with E-state index >= 15 is 0 Å². The summed E-state index contributed by atoms with van der Waals surface area (Å²) in [6.45, 7) is 6.71. The van der Waals surface area contributed by atoms with Crippen molar-refractivity contribution in [3.05, 3.63) is 47.5 Å². The summed E-state index contributed by atoms with van der Waals surface area (Å²) in [5.41, 5.74) is 3.01. The zero-order valence-corrected chi connectivity index (χ0v) is 17.1. The maximum absolute atomic E-state index is 12.2. The molecule has 3 rings (SSSR count). The van der Waals surface area contributed by atoms with Gasteiger partial charge in [-0.3, -0.25) is 4.90 Å². The first-order valence-corrected chi connectivity index (χ1v) is 10.4. The van der Waals surface area contributed by atoms with Crippen LogP contribution >= 0.6 is 0 Å². The predicted octanol–water partition coefficient (Wildman–Crippen LogP) is 4.51. The van der Waals surface area contributed by atoms with Crippen molar-refractivity contribution in [3.8, 4) is 0 Å². The molecule has 1 aromatic rings. The maximum Gasteiger partial charge on any atom is 0.409 e. The zero-order chi connectivity index (χ0) is 19.2. The Morgan fingerprint density at radius 1 is 1.22 bits per heavy atom. The highest BCUT2D eigenvalue weighted by atomic mass is 16.6. The third kappa shape index (κ3) is 5.35. The highest BCUT2D eigenvalue weighted by Crippen LogP contribution is 2.30. The second-order valence-corrected chi connectivity index (χ2v) is 8.37. The van der Waals surface area contributed by atoms with Gasteiger partial charge in [0.15, 0.2) is 0 Å². The number of carbonyl (C=O) groups excluding carboxylic acids is 1. The molecule has 1 amide bonds. The Balaban J connectivity index is 1.55. The molecular formula is C23H34N2O2. The van der Waals surface area contributed by atoms with Gasteiger partial charge in [0.05, 0.1) is 6.61 Å². The smallest absolute Gasteiger partial charge is 0.409 e. The lowest BCUT2D eigenvalue weighted by Crippen LogP contribution is -2.50. The summed E-state index contributed by atoms with van der Waals surface area (Å²) >= 11 is 0. The van der Waals surface area contributed by atoms with Gasteiger partial charge in [-0.05, 0) is 43.6 Å². The zero-order valence-electron chi connectivity index (χ0n) is 17.1. The van der Waals surface area contributed by atoms with E-state index in [2.05, 4.69) is 55.2 Å². The fourth-order valence-corrected chi connectivity index (χ4v) is 4.02. The Bertz CT molecular complexity index is 633. The van der Waals surface area contributed by atoms with Crippen molar-refractivity contribution in [3.63, 3.8) is 0 Å². The van der Waals surface area contributed by atoms with Gasteiger partial charge in [-0.1, -0.05) is 55.8 Å². The number of piperidine rings is 1. The molecule has 0 spiro atoms. The number of rotatable bonds is 7. The normalized spacial score (nSPS) is 19.3. The van der Waals surface area contributed by atoms with Crippen LogP contribution in [0, 0.1) is 5.92 Å². The molecule has 1 aliphatic carbocycles. The maximum atomic E-state index is 12.2. The van der Waals surface area contributed by atoms with Crippen LogP contribution < -0.4 is 0 Å². The van der Waals surface area contributed by atoms with Crippen LogP contribution in [-0.2, 0) is 11.2 Å². The lowest BCUT2D eigenvalue weighted by Gasteiger charge is -2.42. The molecule has 2 aliphatic rings. The molecule has 4 nitrogen and oxygen atoms in total. The molecular weight excluding hydrogens is 336 g/mol. The number of allylic oxidation sites excluding steroid dienone is 1. The van der Waals surface area contributed by atoms with Crippen LogP contribution in [0.15, 0.2) is 42.0 Å². The molecule has 148 valence electrons. The van der Waals surface area contributed by atoms with E-state index < -0.39 is 0 Å². The van der Waals surface area contributed by atoms with Crippen molar-refractivity contribution in [1.82, 2.24) is 9.80 Å². The molecule has 1 saturated heterocycles. The molecule has 1 unspecified atom stereocenters. The van der Waals surface area contributed by atoms with Crippen LogP contribution in [0.4, 0.5) is 4.79 Å². The van der Waals surface area contributed by atoms with E-state index in [1.165, 1.54) is 18.4 Å². The third-order valence-corrected chi connectivity index (χ3v) is 5.86. The molecule has 0 aromatic heterocycles. The first kappa shape index (κ1) is 19.9.